The van der Waals surface area contributed by atoms with E-state index in [1.54, 1.807) is 36.4 Å². The molecule has 4 rings (SSSR count). The first-order chi connectivity index (χ1) is 18.5. The van der Waals surface area contributed by atoms with Crippen LogP contribution in [0.25, 0.3) is 10.4 Å². The highest BCUT2D eigenvalue weighted by Crippen LogP contribution is 2.34. The van der Waals surface area contributed by atoms with Crippen molar-refractivity contribution in [1.29, 1.82) is 21.0 Å². The third-order valence-corrected chi connectivity index (χ3v) is 5.17. The topological polar surface area (TPSA) is 164 Å². The molecule has 4 aromatic rings. The number of hydrogen-bond acceptors (Lipinski definition) is 6. The van der Waals surface area contributed by atoms with E-state index in [-0.39, 0.29) is 5.56 Å². The van der Waals surface area contributed by atoms with Crippen LogP contribution in [0.4, 0.5) is 17.1 Å². The van der Waals surface area contributed by atoms with Gasteiger partial charge in [0, 0.05) is 27.5 Å². The van der Waals surface area contributed by atoms with E-state index >= 15 is 0 Å². The van der Waals surface area contributed by atoms with E-state index in [0.29, 0.717) is 22.3 Å². The smallest absolute Gasteiger partial charge is 0.249 e. The van der Waals surface area contributed by atoms with Gasteiger partial charge < -0.3 is 4.90 Å². The van der Waals surface area contributed by atoms with Crippen LogP contribution >= 0.6 is 0 Å². The van der Waals surface area contributed by atoms with Crippen molar-refractivity contribution in [3.05, 3.63) is 135 Å². The molecule has 9 nitrogen and oxygen atoms in total. The lowest BCUT2D eigenvalue weighted by atomic mass is 10.1. The average molecular weight is 493 g/mol. The highest BCUT2D eigenvalue weighted by atomic mass is 16.1. The molecule has 38 heavy (non-hydrogen) atoms. The van der Waals surface area contributed by atoms with Crippen LogP contribution < -0.4 is 4.90 Å². The molecule has 0 aliphatic heterocycles. The Kier molecular flexibility index (Phi) is 8.91. The van der Waals surface area contributed by atoms with Gasteiger partial charge in [-0.3, -0.25) is 4.79 Å². The first kappa shape index (κ1) is 26.2. The molecule has 0 saturated heterocycles. The molecule has 0 aliphatic carbocycles. The van der Waals surface area contributed by atoms with Crippen molar-refractivity contribution in [1.82, 2.24) is 0 Å². The Morgan fingerprint density at radius 2 is 1.18 bits per heavy atom. The predicted molar refractivity (Wildman–Crippen MR) is 140 cm³/mol. The Bertz CT molecular complexity index is 1660. The van der Waals surface area contributed by atoms with E-state index in [1.807, 2.05) is 65.6 Å². The zero-order valence-electron chi connectivity index (χ0n) is 19.7. The molecule has 1 amide bonds. The molecule has 0 aromatic heterocycles. The van der Waals surface area contributed by atoms with Gasteiger partial charge >= 0.3 is 0 Å². The third kappa shape index (κ3) is 6.39. The number of azide groups is 1. The van der Waals surface area contributed by atoms with Crippen molar-refractivity contribution in [2.75, 3.05) is 4.90 Å². The normalized spacial score (nSPS) is 9.05. The van der Waals surface area contributed by atoms with E-state index in [4.69, 9.17) is 26.6 Å². The molecule has 0 aliphatic rings. The van der Waals surface area contributed by atoms with Gasteiger partial charge in [0.1, 0.15) is 12.1 Å². The second-order valence-corrected chi connectivity index (χ2v) is 7.47. The number of hydrogen-bond donors (Lipinski definition) is 0. The first-order valence-electron chi connectivity index (χ1n) is 10.9. The molecule has 0 spiro atoms. The largest absolute Gasteiger partial charge is 0.311 e. The molecule has 9 heteroatoms. The van der Waals surface area contributed by atoms with Crippen LogP contribution in [0, 0.1) is 45.3 Å². The zero-order chi connectivity index (χ0) is 27.3. The van der Waals surface area contributed by atoms with Gasteiger partial charge in [0.25, 0.3) is 0 Å². The highest BCUT2D eigenvalue weighted by Gasteiger charge is 2.13. The summed E-state index contributed by atoms with van der Waals surface area (Å²) in [6.45, 7) is 0. The number of anilines is 3. The fourth-order valence-corrected chi connectivity index (χ4v) is 3.36. The molecule has 0 N–H and O–H groups in total. The summed E-state index contributed by atoms with van der Waals surface area (Å²) in [5.74, 6) is -0.622. The highest BCUT2D eigenvalue weighted by molar-refractivity contribution is 5.95. The summed E-state index contributed by atoms with van der Waals surface area (Å²) in [6, 6.07) is 35.9. The second-order valence-electron chi connectivity index (χ2n) is 7.47. The van der Waals surface area contributed by atoms with Crippen LogP contribution in [0.3, 0.4) is 0 Å². The number of nitriles is 4. The minimum Gasteiger partial charge on any atom is -0.311 e. The molecule has 0 fully saturated rings. The van der Waals surface area contributed by atoms with Gasteiger partial charge in [-0.05, 0) is 89.5 Å². The van der Waals surface area contributed by atoms with Crippen LogP contribution in [0.5, 0.6) is 0 Å². The number of benzene rings is 4. The number of para-hydroxylation sites is 1. The summed E-state index contributed by atoms with van der Waals surface area (Å²) in [5, 5.41) is 37.7. The molecular weight excluding hydrogens is 476 g/mol. The summed E-state index contributed by atoms with van der Waals surface area (Å²) in [7, 11) is 0. The van der Waals surface area contributed by atoms with Crippen molar-refractivity contribution >= 4 is 23.0 Å². The number of carbonyl (C=O) groups excluding carboxylic acids is 1. The number of amides is 1. The second kappa shape index (κ2) is 12.9. The SMILES string of the molecule is N#Cc1ccc(C#N)c(C#N)c1.N#Cc1ccc(N(c2ccccc2)c2ccc(C(=O)N=[N+]=[N-])cc2)cc1. The van der Waals surface area contributed by atoms with Crippen molar-refractivity contribution in [2.24, 2.45) is 5.11 Å². The minimum atomic E-state index is -0.622. The van der Waals surface area contributed by atoms with Crippen LogP contribution in [-0.2, 0) is 0 Å². The van der Waals surface area contributed by atoms with Crippen molar-refractivity contribution in [3.8, 4) is 24.3 Å². The van der Waals surface area contributed by atoms with Gasteiger partial charge in [-0.2, -0.15) is 21.0 Å². The van der Waals surface area contributed by atoms with Crippen LogP contribution in [-0.4, -0.2) is 5.91 Å². The van der Waals surface area contributed by atoms with Gasteiger partial charge in [0.15, 0.2) is 0 Å². The van der Waals surface area contributed by atoms with Crippen molar-refractivity contribution < 1.29 is 4.79 Å². The molecule has 0 atom stereocenters. The predicted octanol–water partition coefficient (Wildman–Crippen LogP) is 6.78. The molecule has 178 valence electrons. The first-order valence-corrected chi connectivity index (χ1v) is 10.9. The average Bonchev–Trinajstić information content (AvgIpc) is 2.98. The fraction of sp³-hybridized carbons (Fsp3) is 0. The zero-order valence-corrected chi connectivity index (χ0v) is 19.7. The van der Waals surface area contributed by atoms with E-state index in [9.17, 15) is 4.79 Å². The maximum Gasteiger partial charge on any atom is 0.249 e. The monoisotopic (exact) mass is 492 g/mol. The molecular formula is C29H16N8O. The Balaban J connectivity index is 0.000000279. The molecule has 0 unspecified atom stereocenters. The lowest BCUT2D eigenvalue weighted by Crippen LogP contribution is -2.10. The van der Waals surface area contributed by atoms with E-state index in [1.165, 1.54) is 18.2 Å². The number of carbonyl (C=O) groups is 1. The molecule has 0 bridgehead atoms. The summed E-state index contributed by atoms with van der Waals surface area (Å²) in [4.78, 5) is 16.2. The van der Waals surface area contributed by atoms with Gasteiger partial charge in [0.05, 0.1) is 34.4 Å². The summed E-state index contributed by atoms with van der Waals surface area (Å²) >= 11 is 0. The van der Waals surface area contributed by atoms with E-state index < -0.39 is 5.91 Å². The maximum atomic E-state index is 11.7. The van der Waals surface area contributed by atoms with Gasteiger partial charge in [-0.15, -0.1) is 0 Å². The van der Waals surface area contributed by atoms with Crippen LogP contribution in [0.1, 0.15) is 32.6 Å². The van der Waals surface area contributed by atoms with Crippen molar-refractivity contribution in [3.63, 3.8) is 0 Å². The van der Waals surface area contributed by atoms with Crippen LogP contribution in [0.2, 0.25) is 0 Å². The Hall–Kier alpha value is -6.38. The third-order valence-electron chi connectivity index (χ3n) is 5.17. The quantitative estimate of drug-likeness (QED) is 0.173. The lowest BCUT2D eigenvalue weighted by molar-refractivity contribution is 0.100. The van der Waals surface area contributed by atoms with Gasteiger partial charge in [0.2, 0.25) is 5.91 Å². The Morgan fingerprint density at radius 1 is 0.658 bits per heavy atom. The minimum absolute atomic E-state index is 0.247. The van der Waals surface area contributed by atoms with Gasteiger partial charge in [-0.25, -0.2) is 0 Å². The van der Waals surface area contributed by atoms with E-state index in [2.05, 4.69) is 16.1 Å². The summed E-state index contributed by atoms with van der Waals surface area (Å²) in [5.41, 5.74) is 12.9. The standard InChI is InChI=1S/C20H13N5O.C9H3N3/c21-14-15-6-10-18(11-7-15)25(17-4-2-1-3-5-17)19-12-8-16(9-13-19)20(26)23-24-22;10-4-7-1-2-8(5-11)9(3-7)6-12/h1-13H;1-3H. The molecule has 0 heterocycles. The molecule has 0 saturated carbocycles. The number of nitrogens with zero attached hydrogens (tertiary/aromatic N) is 8. The number of rotatable bonds is 4. The molecule has 0 radical (unpaired) electrons. The Labute approximate surface area is 218 Å². The van der Waals surface area contributed by atoms with Crippen LogP contribution in [0.15, 0.2) is 102 Å². The lowest BCUT2D eigenvalue weighted by Gasteiger charge is -2.25. The van der Waals surface area contributed by atoms with Crippen molar-refractivity contribution in [2.45, 2.75) is 0 Å². The molecule has 4 aromatic carbocycles. The van der Waals surface area contributed by atoms with E-state index in [0.717, 1.165) is 17.1 Å². The fourth-order valence-electron chi connectivity index (χ4n) is 3.36. The maximum absolute atomic E-state index is 11.7. The Morgan fingerprint density at radius 3 is 1.71 bits per heavy atom. The van der Waals surface area contributed by atoms with Gasteiger partial charge in [-0.1, -0.05) is 18.2 Å². The summed E-state index contributed by atoms with van der Waals surface area (Å²) < 4.78 is 0. The summed E-state index contributed by atoms with van der Waals surface area (Å²) in [6.07, 6.45) is 0.